The molecule has 1 saturated carbocycles. The van der Waals surface area contributed by atoms with Crippen LogP contribution in [0.2, 0.25) is 0 Å². The molecule has 72 valence electrons. The van der Waals surface area contributed by atoms with Crippen LogP contribution in [0.15, 0.2) is 0 Å². The molecule has 0 amide bonds. The van der Waals surface area contributed by atoms with Gasteiger partial charge in [-0.05, 0) is 33.0 Å². The zero-order chi connectivity index (χ0) is 8.81. The Labute approximate surface area is 76.3 Å². The lowest BCUT2D eigenvalue weighted by molar-refractivity contribution is 0.290. The number of hydrogen-bond acceptors (Lipinski definition) is 2. The van der Waals surface area contributed by atoms with Crippen LogP contribution in [0.5, 0.6) is 0 Å². The molecule has 0 aromatic heterocycles. The lowest BCUT2D eigenvalue weighted by atomic mass is 9.83. The lowest BCUT2D eigenvalue weighted by Gasteiger charge is -2.25. The van der Waals surface area contributed by atoms with Gasteiger partial charge < -0.3 is 10.2 Å². The third kappa shape index (κ3) is 4.07. The second-order valence-corrected chi connectivity index (χ2v) is 4.14. The fraction of sp³-hybridized carbons (Fsp3) is 1.00. The minimum atomic E-state index is 1.05. The van der Waals surface area contributed by atoms with E-state index in [9.17, 15) is 0 Å². The van der Waals surface area contributed by atoms with Crippen LogP contribution < -0.4 is 5.32 Å². The summed E-state index contributed by atoms with van der Waals surface area (Å²) in [5, 5.41) is 3.47. The van der Waals surface area contributed by atoms with Crippen molar-refractivity contribution in [1.82, 2.24) is 10.2 Å². The van der Waals surface area contributed by atoms with Crippen molar-refractivity contribution in [2.45, 2.75) is 25.7 Å². The van der Waals surface area contributed by atoms with Gasteiger partial charge in [-0.15, -0.1) is 0 Å². The molecule has 0 bridgehead atoms. The summed E-state index contributed by atoms with van der Waals surface area (Å²) in [6.07, 6.45) is 5.83. The molecule has 0 saturated heterocycles. The smallest absolute Gasteiger partial charge is 0.0101 e. The van der Waals surface area contributed by atoms with Gasteiger partial charge in [0.05, 0.1) is 0 Å². The zero-order valence-electron chi connectivity index (χ0n) is 8.47. The number of hydrogen-bond donors (Lipinski definition) is 1. The van der Waals surface area contributed by atoms with Gasteiger partial charge in [-0.25, -0.2) is 0 Å². The highest BCUT2D eigenvalue weighted by molar-refractivity contribution is 4.70. The third-order valence-electron chi connectivity index (χ3n) is 2.69. The van der Waals surface area contributed by atoms with E-state index < -0.39 is 0 Å². The van der Waals surface area contributed by atoms with Gasteiger partial charge in [0, 0.05) is 13.1 Å². The van der Waals surface area contributed by atoms with E-state index in [1.54, 1.807) is 0 Å². The topological polar surface area (TPSA) is 15.3 Å². The number of nitrogens with one attached hydrogen (secondary N) is 1. The first-order chi connectivity index (χ1) is 5.79. The van der Waals surface area contributed by atoms with Crippen LogP contribution >= 0.6 is 0 Å². The molecule has 0 radical (unpaired) electrons. The fourth-order valence-electron chi connectivity index (χ4n) is 1.52. The van der Waals surface area contributed by atoms with E-state index in [1.807, 2.05) is 0 Å². The SMILES string of the molecule is CN(C)CCNCCC1CCC1. The summed E-state index contributed by atoms with van der Waals surface area (Å²) in [5.74, 6) is 1.05. The fourth-order valence-corrected chi connectivity index (χ4v) is 1.52. The molecular weight excluding hydrogens is 148 g/mol. The molecule has 1 fully saturated rings. The van der Waals surface area contributed by atoms with Crippen molar-refractivity contribution in [3.05, 3.63) is 0 Å². The monoisotopic (exact) mass is 170 g/mol. The quantitative estimate of drug-likeness (QED) is 0.605. The van der Waals surface area contributed by atoms with Crippen molar-refractivity contribution in [3.8, 4) is 0 Å². The predicted octanol–water partition coefficient (Wildman–Crippen LogP) is 1.33. The molecular formula is C10H22N2. The Morgan fingerprint density at radius 1 is 1.25 bits per heavy atom. The summed E-state index contributed by atoms with van der Waals surface area (Å²) in [6.45, 7) is 3.52. The average Bonchev–Trinajstić information content (AvgIpc) is 1.92. The molecule has 0 heterocycles. The molecule has 2 heteroatoms. The van der Waals surface area contributed by atoms with Crippen LogP contribution in [-0.2, 0) is 0 Å². The highest BCUT2D eigenvalue weighted by Gasteiger charge is 2.15. The highest BCUT2D eigenvalue weighted by Crippen LogP contribution is 2.28. The van der Waals surface area contributed by atoms with E-state index in [0.717, 1.165) is 19.0 Å². The summed E-state index contributed by atoms with van der Waals surface area (Å²) in [4.78, 5) is 2.22. The van der Waals surface area contributed by atoms with Crippen molar-refractivity contribution < 1.29 is 0 Å². The van der Waals surface area contributed by atoms with E-state index in [-0.39, 0.29) is 0 Å². The van der Waals surface area contributed by atoms with Crippen LogP contribution in [0.1, 0.15) is 25.7 Å². The number of rotatable bonds is 6. The average molecular weight is 170 g/mol. The van der Waals surface area contributed by atoms with Crippen molar-refractivity contribution in [3.63, 3.8) is 0 Å². The van der Waals surface area contributed by atoms with E-state index in [2.05, 4.69) is 24.3 Å². The Morgan fingerprint density at radius 2 is 2.00 bits per heavy atom. The molecule has 0 aromatic carbocycles. The second kappa shape index (κ2) is 5.55. The molecule has 0 aromatic rings. The first-order valence-electron chi connectivity index (χ1n) is 5.14. The van der Waals surface area contributed by atoms with Crippen molar-refractivity contribution in [2.24, 2.45) is 5.92 Å². The van der Waals surface area contributed by atoms with E-state index in [0.29, 0.717) is 0 Å². The maximum atomic E-state index is 3.47. The second-order valence-electron chi connectivity index (χ2n) is 4.14. The zero-order valence-corrected chi connectivity index (χ0v) is 8.47. The molecule has 12 heavy (non-hydrogen) atoms. The van der Waals surface area contributed by atoms with E-state index in [4.69, 9.17) is 0 Å². The molecule has 1 rings (SSSR count). The normalized spacial score (nSPS) is 18.2. The Morgan fingerprint density at radius 3 is 2.50 bits per heavy atom. The van der Waals surface area contributed by atoms with Crippen LogP contribution in [-0.4, -0.2) is 38.6 Å². The Balaban J connectivity index is 1.76. The van der Waals surface area contributed by atoms with Crippen LogP contribution in [0.4, 0.5) is 0 Å². The van der Waals surface area contributed by atoms with Gasteiger partial charge in [-0.3, -0.25) is 0 Å². The van der Waals surface area contributed by atoms with Gasteiger partial charge in [0.15, 0.2) is 0 Å². The summed E-state index contributed by atoms with van der Waals surface area (Å²) < 4.78 is 0. The van der Waals surface area contributed by atoms with Crippen LogP contribution in [0.3, 0.4) is 0 Å². The molecule has 1 aliphatic rings. The van der Waals surface area contributed by atoms with Crippen molar-refractivity contribution in [2.75, 3.05) is 33.7 Å². The van der Waals surface area contributed by atoms with Crippen LogP contribution in [0.25, 0.3) is 0 Å². The van der Waals surface area contributed by atoms with Gasteiger partial charge in [-0.1, -0.05) is 19.3 Å². The lowest BCUT2D eigenvalue weighted by Crippen LogP contribution is -2.28. The van der Waals surface area contributed by atoms with Gasteiger partial charge in [0.1, 0.15) is 0 Å². The number of likely N-dealkylation sites (N-methyl/N-ethyl adjacent to an activating group) is 1. The Bertz CT molecular complexity index is 108. The molecule has 1 aliphatic carbocycles. The first kappa shape index (κ1) is 10.0. The summed E-state index contributed by atoms with van der Waals surface area (Å²) in [5.41, 5.74) is 0. The Hall–Kier alpha value is -0.0800. The molecule has 0 aliphatic heterocycles. The minimum Gasteiger partial charge on any atom is -0.315 e. The van der Waals surface area contributed by atoms with Gasteiger partial charge in [-0.2, -0.15) is 0 Å². The third-order valence-corrected chi connectivity index (χ3v) is 2.69. The van der Waals surface area contributed by atoms with Crippen LogP contribution in [0, 0.1) is 5.92 Å². The Kier molecular flexibility index (Phi) is 4.62. The molecule has 2 nitrogen and oxygen atoms in total. The maximum Gasteiger partial charge on any atom is 0.0101 e. The van der Waals surface area contributed by atoms with Gasteiger partial charge in [0.2, 0.25) is 0 Å². The first-order valence-corrected chi connectivity index (χ1v) is 5.14. The van der Waals surface area contributed by atoms with Crippen molar-refractivity contribution in [1.29, 1.82) is 0 Å². The largest absolute Gasteiger partial charge is 0.315 e. The summed E-state index contributed by atoms with van der Waals surface area (Å²) >= 11 is 0. The highest BCUT2D eigenvalue weighted by atomic mass is 15.1. The predicted molar refractivity (Wildman–Crippen MR) is 53.4 cm³/mol. The van der Waals surface area contributed by atoms with Crippen molar-refractivity contribution >= 4 is 0 Å². The number of nitrogens with zero attached hydrogens (tertiary/aromatic N) is 1. The molecule has 0 unspecified atom stereocenters. The van der Waals surface area contributed by atoms with E-state index >= 15 is 0 Å². The van der Waals surface area contributed by atoms with Gasteiger partial charge >= 0.3 is 0 Å². The van der Waals surface area contributed by atoms with E-state index in [1.165, 1.54) is 32.2 Å². The minimum absolute atomic E-state index is 1.05. The summed E-state index contributed by atoms with van der Waals surface area (Å²) in [7, 11) is 4.24. The molecule has 1 N–H and O–H groups in total. The molecule has 0 atom stereocenters. The molecule has 0 spiro atoms. The summed E-state index contributed by atoms with van der Waals surface area (Å²) in [6, 6.07) is 0. The standard InChI is InChI=1S/C10H22N2/c1-12(2)9-8-11-7-6-10-4-3-5-10/h10-11H,3-9H2,1-2H3. The van der Waals surface area contributed by atoms with Gasteiger partial charge in [0.25, 0.3) is 0 Å². The maximum absolute atomic E-state index is 3.47.